The zero-order valence-corrected chi connectivity index (χ0v) is 37.4. The maximum atomic E-state index is 13.4. The standard InChI is InChI=1S/C44H71NO15/c1-12-16-33(48)57-32-23-35(50)54-27(5)17-14-13-15-18-31(47)26(4)22-30(19-20-46)40(41(32)53-11)60-43-38(51)37(45(9)10)39(28(6)56-43)59-36-24-44(8,52)42(29(7)55-36)58-34(49)21-25(2)3/h13-15,18,20,25-30,32,36-43,51-52H,12,16-17,19,21-24H2,1-11H3/b14-13+,18-15+/t26-,27-,28?,29?,30+,32-,36?,37?,38?,39?,40+,41+,42?,43?,44?/m1/s1. The van der Waals surface area contributed by atoms with Gasteiger partial charge in [0.1, 0.15) is 42.4 Å². The second kappa shape index (κ2) is 23.9. The number of aliphatic hydroxyl groups is 2. The first kappa shape index (κ1) is 51.3. The smallest absolute Gasteiger partial charge is 0.309 e. The van der Waals surface area contributed by atoms with Crippen LogP contribution in [-0.4, -0.2) is 145 Å². The molecule has 0 saturated carbocycles. The molecule has 15 atom stereocenters. The minimum absolute atomic E-state index is 0.0525. The number of aliphatic hydroxyl groups excluding tert-OH is 1. The lowest BCUT2D eigenvalue weighted by atomic mass is 9.83. The van der Waals surface area contributed by atoms with Crippen LogP contribution in [-0.2, 0) is 61.9 Å². The fraction of sp³-hybridized carbons (Fsp3) is 0.795. The highest BCUT2D eigenvalue weighted by molar-refractivity contribution is 5.91. The molecule has 2 saturated heterocycles. The largest absolute Gasteiger partial charge is 0.462 e. The van der Waals surface area contributed by atoms with E-state index in [0.29, 0.717) is 19.1 Å². The molecule has 3 heterocycles. The lowest BCUT2D eigenvalue weighted by molar-refractivity contribution is -0.344. The minimum Gasteiger partial charge on any atom is -0.462 e. The van der Waals surface area contributed by atoms with Crippen LogP contribution in [0.3, 0.4) is 0 Å². The maximum absolute atomic E-state index is 13.4. The number of ketones is 1. The summed E-state index contributed by atoms with van der Waals surface area (Å²) in [5.41, 5.74) is -1.51. The molecule has 60 heavy (non-hydrogen) atoms. The van der Waals surface area contributed by atoms with Crippen molar-refractivity contribution in [3.05, 3.63) is 24.3 Å². The van der Waals surface area contributed by atoms with Crippen molar-refractivity contribution in [2.75, 3.05) is 21.2 Å². The zero-order valence-electron chi connectivity index (χ0n) is 37.4. The monoisotopic (exact) mass is 853 g/mol. The van der Waals surface area contributed by atoms with E-state index in [9.17, 15) is 34.2 Å². The van der Waals surface area contributed by atoms with Gasteiger partial charge < -0.3 is 57.8 Å². The van der Waals surface area contributed by atoms with Crippen molar-refractivity contribution in [3.63, 3.8) is 0 Å². The summed E-state index contributed by atoms with van der Waals surface area (Å²) < 4.78 is 49.0. The highest BCUT2D eigenvalue weighted by Crippen LogP contribution is 2.37. The lowest BCUT2D eigenvalue weighted by Gasteiger charge is -2.50. The minimum atomic E-state index is -1.51. The highest BCUT2D eigenvalue weighted by atomic mass is 16.7. The van der Waals surface area contributed by atoms with Gasteiger partial charge in [0, 0.05) is 45.1 Å². The Morgan fingerprint density at radius 3 is 2.30 bits per heavy atom. The Bertz CT molecular complexity index is 1460. The van der Waals surface area contributed by atoms with Crippen molar-refractivity contribution in [2.24, 2.45) is 17.8 Å². The van der Waals surface area contributed by atoms with Crippen LogP contribution >= 0.6 is 0 Å². The van der Waals surface area contributed by atoms with Gasteiger partial charge in [-0.25, -0.2) is 0 Å². The number of esters is 3. The van der Waals surface area contributed by atoms with Crippen LogP contribution in [0.1, 0.15) is 107 Å². The van der Waals surface area contributed by atoms with E-state index in [4.69, 9.17) is 37.9 Å². The number of methoxy groups -OCH3 is 1. The zero-order chi connectivity index (χ0) is 44.9. The first-order valence-corrected chi connectivity index (χ1v) is 21.3. The van der Waals surface area contributed by atoms with E-state index < -0.39 is 115 Å². The molecule has 0 aromatic heterocycles. The van der Waals surface area contributed by atoms with E-state index in [-0.39, 0.29) is 43.8 Å². The molecule has 0 aromatic rings. The Morgan fingerprint density at radius 1 is 1.00 bits per heavy atom. The van der Waals surface area contributed by atoms with Crippen LogP contribution in [0.4, 0.5) is 0 Å². The van der Waals surface area contributed by atoms with Gasteiger partial charge in [-0.2, -0.15) is 0 Å². The third kappa shape index (κ3) is 14.8. The third-order valence-corrected chi connectivity index (χ3v) is 11.2. The van der Waals surface area contributed by atoms with Gasteiger partial charge in [0.15, 0.2) is 24.5 Å². The number of carbonyl (C=O) groups is 5. The van der Waals surface area contributed by atoms with E-state index in [1.54, 1.807) is 71.8 Å². The van der Waals surface area contributed by atoms with Crippen molar-refractivity contribution in [3.8, 4) is 0 Å². The summed E-state index contributed by atoms with van der Waals surface area (Å²) in [5.74, 6) is -3.18. The Morgan fingerprint density at radius 2 is 1.70 bits per heavy atom. The van der Waals surface area contributed by atoms with Crippen molar-refractivity contribution < 1.29 is 72.1 Å². The van der Waals surface area contributed by atoms with Crippen LogP contribution in [0.2, 0.25) is 0 Å². The van der Waals surface area contributed by atoms with E-state index in [0.717, 1.165) is 0 Å². The number of nitrogens with zero attached hydrogens (tertiary/aromatic N) is 1. The lowest BCUT2D eigenvalue weighted by Crippen LogP contribution is -2.66. The Kier molecular flexibility index (Phi) is 20.5. The molecule has 0 aromatic carbocycles. The maximum Gasteiger partial charge on any atom is 0.309 e. The molecule has 2 N–H and O–H groups in total. The summed E-state index contributed by atoms with van der Waals surface area (Å²) in [4.78, 5) is 66.4. The van der Waals surface area contributed by atoms with Crippen molar-refractivity contribution >= 4 is 30.0 Å². The molecule has 342 valence electrons. The molecule has 16 heteroatoms. The van der Waals surface area contributed by atoms with Crippen LogP contribution in [0.15, 0.2) is 24.3 Å². The molecule has 2 fully saturated rings. The van der Waals surface area contributed by atoms with E-state index in [1.165, 1.54) is 13.2 Å². The Hall–Kier alpha value is -3.09. The molecule has 0 spiro atoms. The van der Waals surface area contributed by atoms with E-state index in [1.807, 2.05) is 20.8 Å². The molecular formula is C44H71NO15. The average molecular weight is 854 g/mol. The summed E-state index contributed by atoms with van der Waals surface area (Å²) in [6.45, 7) is 14.0. The average Bonchev–Trinajstić information content (AvgIpc) is 3.13. The summed E-state index contributed by atoms with van der Waals surface area (Å²) in [7, 11) is 4.85. The number of likely N-dealkylation sites (N-methyl/N-ethyl adjacent to an activating group) is 1. The number of rotatable bonds is 14. The SMILES string of the molecule is CCCC(=O)O[C@@H]1CC(=O)O[C@H](C)C/C=C/C=C/C(=O)[C@H](C)C[C@H](CC=O)[C@H](OC2OC(C)C(OC3CC(C)(O)C(OC(=O)CC(C)C)C(C)O3)C(N(C)C)C2O)[C@H]1OC. The molecule has 16 nitrogen and oxygen atoms in total. The van der Waals surface area contributed by atoms with Gasteiger partial charge >= 0.3 is 17.9 Å². The van der Waals surface area contributed by atoms with Crippen LogP contribution < -0.4 is 0 Å². The second-order valence-corrected chi connectivity index (χ2v) is 17.4. The molecule has 0 aliphatic carbocycles. The predicted octanol–water partition coefficient (Wildman–Crippen LogP) is 4.00. The molecular weight excluding hydrogens is 782 g/mol. The predicted molar refractivity (Wildman–Crippen MR) is 218 cm³/mol. The summed E-state index contributed by atoms with van der Waals surface area (Å²) >= 11 is 0. The van der Waals surface area contributed by atoms with Gasteiger partial charge in [0.25, 0.3) is 0 Å². The number of cyclic esters (lactones) is 1. The topological polar surface area (TPSA) is 203 Å². The first-order chi connectivity index (χ1) is 28.2. The van der Waals surface area contributed by atoms with Crippen molar-refractivity contribution in [1.29, 1.82) is 0 Å². The van der Waals surface area contributed by atoms with Crippen LogP contribution in [0, 0.1) is 17.8 Å². The van der Waals surface area contributed by atoms with Gasteiger partial charge in [-0.05, 0) is 72.5 Å². The number of hydrogen-bond donors (Lipinski definition) is 2. The molecule has 3 aliphatic rings. The molecule has 0 radical (unpaired) electrons. The van der Waals surface area contributed by atoms with Crippen molar-refractivity contribution in [1.82, 2.24) is 4.90 Å². The number of aldehydes is 1. The Balaban J connectivity index is 2.01. The van der Waals surface area contributed by atoms with Gasteiger partial charge in [0.05, 0.1) is 30.8 Å². The third-order valence-electron chi connectivity index (χ3n) is 11.2. The van der Waals surface area contributed by atoms with E-state index in [2.05, 4.69) is 0 Å². The van der Waals surface area contributed by atoms with Gasteiger partial charge in [-0.1, -0.05) is 45.9 Å². The molecule has 0 amide bonds. The second-order valence-electron chi connectivity index (χ2n) is 17.4. The number of allylic oxidation sites excluding steroid dienone is 3. The van der Waals surface area contributed by atoms with Gasteiger partial charge in [0.2, 0.25) is 0 Å². The fourth-order valence-corrected chi connectivity index (χ4v) is 8.20. The molecule has 0 bridgehead atoms. The first-order valence-electron chi connectivity index (χ1n) is 21.3. The normalized spacial score (nSPS) is 38.5. The molecule has 3 aliphatic heterocycles. The molecule has 3 rings (SSSR count). The van der Waals surface area contributed by atoms with Gasteiger partial charge in [-0.3, -0.25) is 19.2 Å². The highest BCUT2D eigenvalue weighted by Gasteiger charge is 2.53. The number of hydrogen-bond acceptors (Lipinski definition) is 16. The van der Waals surface area contributed by atoms with Gasteiger partial charge in [-0.15, -0.1) is 0 Å². The Labute approximate surface area is 355 Å². The van der Waals surface area contributed by atoms with Crippen LogP contribution in [0.5, 0.6) is 0 Å². The van der Waals surface area contributed by atoms with E-state index >= 15 is 0 Å². The summed E-state index contributed by atoms with van der Waals surface area (Å²) in [5, 5.41) is 23.6. The molecule has 9 unspecified atom stereocenters. The quantitative estimate of drug-likeness (QED) is 0.144. The summed E-state index contributed by atoms with van der Waals surface area (Å²) in [6, 6.07) is -0.797. The number of ether oxygens (including phenoxy) is 8. The fourth-order valence-electron chi connectivity index (χ4n) is 8.20. The number of carbonyl (C=O) groups excluding carboxylic acids is 5. The summed E-state index contributed by atoms with van der Waals surface area (Å²) in [6.07, 6.45) is -3.43. The van der Waals surface area contributed by atoms with Crippen molar-refractivity contribution in [2.45, 2.75) is 186 Å². The van der Waals surface area contributed by atoms with Crippen LogP contribution in [0.25, 0.3) is 0 Å².